The van der Waals surface area contributed by atoms with Gasteiger partial charge in [-0.2, -0.15) is 0 Å². The zero-order valence-corrected chi connectivity index (χ0v) is 18.9. The van der Waals surface area contributed by atoms with Gasteiger partial charge in [0.1, 0.15) is 10.7 Å². The van der Waals surface area contributed by atoms with Gasteiger partial charge >= 0.3 is 0 Å². The summed E-state index contributed by atoms with van der Waals surface area (Å²) < 4.78 is 1.99. The summed E-state index contributed by atoms with van der Waals surface area (Å²) in [5, 5.41) is 14.0. The van der Waals surface area contributed by atoms with Crippen LogP contribution < -0.4 is 5.32 Å². The van der Waals surface area contributed by atoms with Crippen LogP contribution in [0, 0.1) is 13.8 Å². The highest BCUT2D eigenvalue weighted by atomic mass is 35.5. The molecule has 0 radical (unpaired) electrons. The molecule has 0 atom stereocenters. The second kappa shape index (κ2) is 7.93. The second-order valence-electron chi connectivity index (χ2n) is 7.07. The molecular weight excluding hydrogens is 426 g/mol. The van der Waals surface area contributed by atoms with E-state index in [2.05, 4.69) is 43.2 Å². The van der Waals surface area contributed by atoms with Crippen molar-refractivity contribution in [2.24, 2.45) is 0 Å². The Morgan fingerprint density at radius 3 is 2.66 bits per heavy atom. The summed E-state index contributed by atoms with van der Waals surface area (Å²) in [6.07, 6.45) is 0. The van der Waals surface area contributed by atoms with E-state index in [1.54, 1.807) is 35.6 Å². The largest absolute Gasteiger partial charge is 0.325 e. The zero-order valence-electron chi connectivity index (χ0n) is 16.5. The van der Waals surface area contributed by atoms with Gasteiger partial charge in [-0.1, -0.05) is 37.2 Å². The highest BCUT2D eigenvalue weighted by molar-refractivity contribution is 7.99. The van der Waals surface area contributed by atoms with E-state index < -0.39 is 0 Å². The smallest absolute Gasteiger partial charge is 0.234 e. The number of anilines is 1. The van der Waals surface area contributed by atoms with E-state index in [9.17, 15) is 4.79 Å². The maximum absolute atomic E-state index is 12.4. The lowest BCUT2D eigenvalue weighted by Gasteiger charge is -2.10. The van der Waals surface area contributed by atoms with Crippen molar-refractivity contribution in [2.75, 3.05) is 11.1 Å². The fraction of sp³-hybridized carbons (Fsp3) is 0.300. The molecule has 0 spiro atoms. The SMILES string of the molecule is Cc1sc2nc(C(C)C)n3c(SCC(=O)Nc4ccc(Cl)cc4)nnc3c2c1C. The number of hydrogen-bond acceptors (Lipinski definition) is 6. The summed E-state index contributed by atoms with van der Waals surface area (Å²) in [5.74, 6) is 1.21. The first-order valence-corrected chi connectivity index (χ1v) is 11.4. The highest BCUT2D eigenvalue weighted by Gasteiger charge is 2.21. The average Bonchev–Trinajstić information content (AvgIpc) is 3.22. The number of aryl methyl sites for hydroxylation is 2. The van der Waals surface area contributed by atoms with E-state index >= 15 is 0 Å². The molecule has 1 aromatic carbocycles. The number of benzene rings is 1. The lowest BCUT2D eigenvalue weighted by atomic mass is 10.2. The molecule has 3 aromatic heterocycles. The van der Waals surface area contributed by atoms with Crippen molar-refractivity contribution in [3.05, 3.63) is 45.6 Å². The molecule has 0 bridgehead atoms. The molecule has 0 fully saturated rings. The summed E-state index contributed by atoms with van der Waals surface area (Å²) in [5.41, 5.74) is 2.70. The molecule has 0 aliphatic heterocycles. The van der Waals surface area contributed by atoms with Crippen molar-refractivity contribution in [3.63, 3.8) is 0 Å². The number of nitrogens with one attached hydrogen (secondary N) is 1. The Balaban J connectivity index is 1.64. The van der Waals surface area contributed by atoms with Crippen molar-refractivity contribution in [3.8, 4) is 0 Å². The minimum absolute atomic E-state index is 0.114. The van der Waals surface area contributed by atoms with Crippen molar-refractivity contribution in [1.82, 2.24) is 19.6 Å². The van der Waals surface area contributed by atoms with Crippen molar-refractivity contribution in [2.45, 2.75) is 38.8 Å². The first kappa shape index (κ1) is 20.1. The Bertz CT molecular complexity index is 1210. The third-order valence-corrected chi connectivity index (χ3v) is 6.93. The number of halogens is 1. The third kappa shape index (κ3) is 3.84. The molecular formula is C20H20ClN5OS2. The number of aromatic nitrogens is 4. The Kier molecular flexibility index (Phi) is 5.50. The van der Waals surface area contributed by atoms with Gasteiger partial charge in [0.2, 0.25) is 5.91 Å². The van der Waals surface area contributed by atoms with Gasteiger partial charge in [-0.05, 0) is 43.7 Å². The monoisotopic (exact) mass is 445 g/mol. The molecule has 1 N–H and O–H groups in total. The standard InChI is InChI=1S/C20H20ClN5OS2/c1-10(2)17-23-19-16(11(3)12(4)29-19)18-24-25-20(26(17)18)28-9-15(27)22-14-7-5-13(21)6-8-14/h5-8,10H,9H2,1-4H3,(H,22,27). The topological polar surface area (TPSA) is 72.2 Å². The molecule has 0 saturated heterocycles. The van der Waals surface area contributed by atoms with Crippen LogP contribution in [0.5, 0.6) is 0 Å². The van der Waals surface area contributed by atoms with Gasteiger partial charge in [-0.15, -0.1) is 21.5 Å². The van der Waals surface area contributed by atoms with E-state index in [0.29, 0.717) is 15.9 Å². The molecule has 0 unspecified atom stereocenters. The number of thioether (sulfide) groups is 1. The number of carbonyl (C=O) groups excluding carboxylic acids is 1. The van der Waals surface area contributed by atoms with Crippen LogP contribution in [0.25, 0.3) is 15.9 Å². The fourth-order valence-corrected chi connectivity index (χ4v) is 4.98. The second-order valence-corrected chi connectivity index (χ2v) is 9.66. The van der Waals surface area contributed by atoms with Gasteiger partial charge in [0.25, 0.3) is 0 Å². The summed E-state index contributed by atoms with van der Waals surface area (Å²) in [7, 11) is 0. The molecule has 6 nitrogen and oxygen atoms in total. The minimum atomic E-state index is -0.114. The maximum Gasteiger partial charge on any atom is 0.234 e. The van der Waals surface area contributed by atoms with Gasteiger partial charge in [0, 0.05) is 21.5 Å². The van der Waals surface area contributed by atoms with Gasteiger partial charge in [-0.3, -0.25) is 9.20 Å². The Morgan fingerprint density at radius 2 is 1.97 bits per heavy atom. The minimum Gasteiger partial charge on any atom is -0.325 e. The molecule has 29 heavy (non-hydrogen) atoms. The van der Waals surface area contributed by atoms with E-state index in [0.717, 1.165) is 21.7 Å². The molecule has 3 heterocycles. The number of amides is 1. The maximum atomic E-state index is 12.4. The predicted octanol–water partition coefficient (Wildman–Crippen LogP) is 5.46. The van der Waals surface area contributed by atoms with Crippen LogP contribution in [0.4, 0.5) is 5.69 Å². The molecule has 9 heteroatoms. The summed E-state index contributed by atoms with van der Waals surface area (Å²) in [6, 6.07) is 7.04. The molecule has 0 saturated carbocycles. The normalized spacial score (nSPS) is 11.7. The Morgan fingerprint density at radius 1 is 1.24 bits per heavy atom. The number of nitrogens with zero attached hydrogens (tertiary/aromatic N) is 4. The third-order valence-electron chi connectivity index (χ3n) is 4.65. The summed E-state index contributed by atoms with van der Waals surface area (Å²) in [4.78, 5) is 19.5. The predicted molar refractivity (Wildman–Crippen MR) is 121 cm³/mol. The van der Waals surface area contributed by atoms with Crippen LogP contribution in [0.1, 0.15) is 36.0 Å². The van der Waals surface area contributed by atoms with Crippen LogP contribution in [0.15, 0.2) is 29.4 Å². The van der Waals surface area contributed by atoms with Crippen LogP contribution in [-0.2, 0) is 4.79 Å². The highest BCUT2D eigenvalue weighted by Crippen LogP contribution is 2.34. The lowest BCUT2D eigenvalue weighted by molar-refractivity contribution is -0.113. The van der Waals surface area contributed by atoms with Crippen LogP contribution in [0.3, 0.4) is 0 Å². The van der Waals surface area contributed by atoms with E-state index in [1.807, 2.05) is 4.40 Å². The van der Waals surface area contributed by atoms with Gasteiger partial charge < -0.3 is 5.32 Å². The first-order valence-electron chi connectivity index (χ1n) is 9.18. The van der Waals surface area contributed by atoms with Crippen molar-refractivity contribution < 1.29 is 4.79 Å². The average molecular weight is 446 g/mol. The molecule has 4 rings (SSSR count). The van der Waals surface area contributed by atoms with Crippen molar-refractivity contribution in [1.29, 1.82) is 0 Å². The molecule has 1 amide bonds. The van der Waals surface area contributed by atoms with E-state index in [-0.39, 0.29) is 17.6 Å². The van der Waals surface area contributed by atoms with Crippen molar-refractivity contribution >= 4 is 62.2 Å². The van der Waals surface area contributed by atoms with Crippen LogP contribution >= 0.6 is 34.7 Å². The fourth-order valence-electron chi connectivity index (χ4n) is 3.08. The molecule has 4 aromatic rings. The number of fused-ring (bicyclic) bond motifs is 3. The van der Waals surface area contributed by atoms with E-state index in [1.165, 1.54) is 22.2 Å². The Labute approximate surface area is 181 Å². The lowest BCUT2D eigenvalue weighted by Crippen LogP contribution is -2.14. The number of carbonyl (C=O) groups is 1. The molecule has 150 valence electrons. The number of rotatable bonds is 5. The van der Waals surface area contributed by atoms with Gasteiger partial charge in [0.15, 0.2) is 10.8 Å². The first-order chi connectivity index (χ1) is 13.8. The number of thiophene rings is 1. The van der Waals surface area contributed by atoms with Crippen LogP contribution in [0.2, 0.25) is 5.02 Å². The molecule has 0 aliphatic carbocycles. The Hall–Kier alpha value is -2.16. The van der Waals surface area contributed by atoms with Gasteiger partial charge in [0.05, 0.1) is 11.1 Å². The summed E-state index contributed by atoms with van der Waals surface area (Å²) in [6.45, 7) is 8.39. The van der Waals surface area contributed by atoms with Crippen LogP contribution in [-0.4, -0.2) is 31.2 Å². The molecule has 0 aliphatic rings. The number of hydrogen-bond donors (Lipinski definition) is 1. The zero-order chi connectivity index (χ0) is 20.7. The quantitative estimate of drug-likeness (QED) is 0.413. The van der Waals surface area contributed by atoms with Gasteiger partial charge in [-0.25, -0.2) is 4.98 Å². The van der Waals surface area contributed by atoms with E-state index in [4.69, 9.17) is 16.6 Å². The summed E-state index contributed by atoms with van der Waals surface area (Å²) >= 11 is 8.92.